The lowest BCUT2D eigenvalue weighted by Gasteiger charge is -2.24. The second-order valence-corrected chi connectivity index (χ2v) is 8.41. The molecule has 2 aromatic carbocycles. The number of nitrogens with one attached hydrogen (secondary N) is 2. The minimum Gasteiger partial charge on any atom is -0.372 e. The van der Waals surface area contributed by atoms with Crippen LogP contribution in [0.25, 0.3) is 0 Å². The third kappa shape index (κ3) is 6.48. The lowest BCUT2D eigenvalue weighted by Crippen LogP contribution is -2.41. The van der Waals surface area contributed by atoms with Gasteiger partial charge in [0, 0.05) is 51.5 Å². The van der Waals surface area contributed by atoms with Crippen molar-refractivity contribution in [3.8, 4) is 0 Å². The first-order valence-electron chi connectivity index (χ1n) is 11.4. The van der Waals surface area contributed by atoms with E-state index in [1.54, 1.807) is 7.05 Å². The van der Waals surface area contributed by atoms with Gasteiger partial charge in [0.1, 0.15) is 0 Å². The number of amides is 1. The second-order valence-electron chi connectivity index (χ2n) is 8.41. The highest BCUT2D eigenvalue weighted by Gasteiger charge is 2.36. The molecule has 0 aliphatic carbocycles. The van der Waals surface area contributed by atoms with Crippen molar-refractivity contribution in [1.82, 2.24) is 15.5 Å². The number of likely N-dealkylation sites (tertiary alicyclic amines) is 1. The Kier molecular flexibility index (Phi) is 8.37. The lowest BCUT2D eigenvalue weighted by molar-refractivity contribution is -0.137. The number of rotatable bonds is 9. The summed E-state index contributed by atoms with van der Waals surface area (Å²) in [5.41, 5.74) is 2.46. The number of carbonyl (C=O) groups excluding carboxylic acids is 1. The Hall–Kier alpha value is -2.58. The van der Waals surface area contributed by atoms with Gasteiger partial charge in [-0.3, -0.25) is 9.69 Å². The fourth-order valence-corrected chi connectivity index (χ4v) is 4.37. The normalized spacial score (nSPS) is 19.0. The van der Waals surface area contributed by atoms with Gasteiger partial charge in [0.15, 0.2) is 0 Å². The van der Waals surface area contributed by atoms with Crippen molar-refractivity contribution in [2.24, 2.45) is 0 Å². The molecule has 2 atom stereocenters. The van der Waals surface area contributed by atoms with Gasteiger partial charge in [0.2, 0.25) is 5.91 Å². The molecular weight excluding hydrogens is 429 g/mol. The summed E-state index contributed by atoms with van der Waals surface area (Å²) in [7, 11) is 1.64. The van der Waals surface area contributed by atoms with Crippen molar-refractivity contribution in [2.75, 3.05) is 31.6 Å². The number of hydrogen-bond donors (Lipinski definition) is 2. The van der Waals surface area contributed by atoms with Crippen LogP contribution in [0.2, 0.25) is 0 Å². The largest absolute Gasteiger partial charge is 0.416 e. The summed E-state index contributed by atoms with van der Waals surface area (Å²) in [6, 6.07) is 13.5. The van der Waals surface area contributed by atoms with Crippen LogP contribution in [-0.2, 0) is 24.1 Å². The van der Waals surface area contributed by atoms with Crippen LogP contribution in [0.4, 0.5) is 18.9 Å². The number of hydrogen-bond acceptors (Lipinski definition) is 4. The van der Waals surface area contributed by atoms with Gasteiger partial charge >= 0.3 is 6.18 Å². The summed E-state index contributed by atoms with van der Waals surface area (Å²) in [6.45, 7) is 7.97. The Morgan fingerprint density at radius 2 is 1.64 bits per heavy atom. The third-order valence-electron chi connectivity index (χ3n) is 6.28. The van der Waals surface area contributed by atoms with Crippen LogP contribution in [0.3, 0.4) is 0 Å². The average Bonchev–Trinajstić information content (AvgIpc) is 3.21. The van der Waals surface area contributed by atoms with Gasteiger partial charge in [0.25, 0.3) is 0 Å². The van der Waals surface area contributed by atoms with Gasteiger partial charge in [-0.2, -0.15) is 13.2 Å². The fourth-order valence-electron chi connectivity index (χ4n) is 4.37. The molecule has 2 aromatic rings. The SMILES string of the molecule is CCN(CC)c1ccc(CN2C[C@@H](NCc3ccc(C(F)(F)F)cc3)C[C@H]2C(=O)NC)cc1. The van der Waals surface area contributed by atoms with Crippen molar-refractivity contribution in [2.45, 2.75) is 51.6 Å². The van der Waals surface area contributed by atoms with Crippen LogP contribution in [-0.4, -0.2) is 49.6 Å². The van der Waals surface area contributed by atoms with Crippen LogP contribution in [0.5, 0.6) is 0 Å². The van der Waals surface area contributed by atoms with Crippen LogP contribution in [0.15, 0.2) is 48.5 Å². The number of halogens is 3. The molecule has 1 aliphatic heterocycles. The predicted octanol–water partition coefficient (Wildman–Crippen LogP) is 4.03. The van der Waals surface area contributed by atoms with Crippen molar-refractivity contribution >= 4 is 11.6 Å². The summed E-state index contributed by atoms with van der Waals surface area (Å²) < 4.78 is 38.3. The average molecular weight is 463 g/mol. The molecule has 0 saturated carbocycles. The van der Waals surface area contributed by atoms with Gasteiger partial charge in [-0.25, -0.2) is 0 Å². The van der Waals surface area contributed by atoms with Crippen molar-refractivity contribution < 1.29 is 18.0 Å². The van der Waals surface area contributed by atoms with Crippen LogP contribution < -0.4 is 15.5 Å². The molecule has 5 nitrogen and oxygen atoms in total. The molecule has 0 aromatic heterocycles. The minimum absolute atomic E-state index is 0.0198. The first kappa shape index (κ1) is 25.1. The predicted molar refractivity (Wildman–Crippen MR) is 125 cm³/mol. The molecule has 8 heteroatoms. The smallest absolute Gasteiger partial charge is 0.372 e. The van der Waals surface area contributed by atoms with E-state index in [1.807, 2.05) is 0 Å². The van der Waals surface area contributed by atoms with E-state index in [4.69, 9.17) is 0 Å². The Morgan fingerprint density at radius 1 is 1.03 bits per heavy atom. The Balaban J connectivity index is 1.62. The first-order chi connectivity index (χ1) is 15.7. The van der Waals surface area contributed by atoms with Gasteiger partial charge < -0.3 is 15.5 Å². The molecule has 2 N–H and O–H groups in total. The molecule has 33 heavy (non-hydrogen) atoms. The monoisotopic (exact) mass is 462 g/mol. The van der Waals surface area contributed by atoms with E-state index in [0.29, 0.717) is 26.1 Å². The standard InChI is InChI=1S/C25H33F3N4O/c1-4-31(5-2)22-12-8-19(9-13-22)16-32-17-21(14-23(32)24(33)29-3)30-15-18-6-10-20(11-7-18)25(26,27)28/h6-13,21,23,30H,4-5,14-17H2,1-3H3,(H,29,33)/t21-,23-/m0/s1. The zero-order chi connectivity index (χ0) is 24.0. The van der Waals surface area contributed by atoms with E-state index in [9.17, 15) is 18.0 Å². The van der Waals surface area contributed by atoms with Crippen LogP contribution in [0.1, 0.15) is 37.0 Å². The molecule has 0 unspecified atom stereocenters. The Labute approximate surface area is 194 Å². The molecule has 0 radical (unpaired) electrons. The Bertz CT molecular complexity index is 895. The molecule has 3 rings (SSSR count). The highest BCUT2D eigenvalue weighted by atomic mass is 19.4. The maximum Gasteiger partial charge on any atom is 0.416 e. The third-order valence-corrected chi connectivity index (χ3v) is 6.28. The molecule has 180 valence electrons. The van der Waals surface area contributed by atoms with E-state index in [-0.39, 0.29) is 18.0 Å². The molecule has 1 aliphatic rings. The number of anilines is 1. The minimum atomic E-state index is -4.33. The molecular formula is C25H33F3N4O. The number of carbonyl (C=O) groups is 1. The zero-order valence-electron chi connectivity index (χ0n) is 19.5. The molecule has 1 amide bonds. The summed E-state index contributed by atoms with van der Waals surface area (Å²) >= 11 is 0. The van der Waals surface area contributed by atoms with Gasteiger partial charge in [-0.15, -0.1) is 0 Å². The lowest BCUT2D eigenvalue weighted by atomic mass is 10.1. The van der Waals surface area contributed by atoms with Crippen LogP contribution >= 0.6 is 0 Å². The highest BCUT2D eigenvalue weighted by Crippen LogP contribution is 2.29. The van der Waals surface area contributed by atoms with Gasteiger partial charge in [0.05, 0.1) is 11.6 Å². The fraction of sp³-hybridized carbons (Fsp3) is 0.480. The molecule has 1 heterocycles. The first-order valence-corrected chi connectivity index (χ1v) is 11.4. The number of alkyl halides is 3. The summed E-state index contributed by atoms with van der Waals surface area (Å²) in [6.07, 6.45) is -3.68. The number of nitrogens with zero attached hydrogens (tertiary/aromatic N) is 2. The van der Waals surface area contributed by atoms with E-state index >= 15 is 0 Å². The summed E-state index contributed by atoms with van der Waals surface area (Å²) in [4.78, 5) is 16.9. The van der Waals surface area contributed by atoms with Crippen molar-refractivity contribution in [3.63, 3.8) is 0 Å². The van der Waals surface area contributed by atoms with Crippen molar-refractivity contribution in [3.05, 3.63) is 65.2 Å². The maximum atomic E-state index is 12.8. The number of benzene rings is 2. The van der Waals surface area contributed by atoms with Gasteiger partial charge in [-0.1, -0.05) is 24.3 Å². The summed E-state index contributed by atoms with van der Waals surface area (Å²) in [5.74, 6) is -0.0198. The quantitative estimate of drug-likeness (QED) is 0.591. The van der Waals surface area contributed by atoms with E-state index in [1.165, 1.54) is 17.8 Å². The zero-order valence-corrected chi connectivity index (χ0v) is 19.5. The molecule has 0 bridgehead atoms. The van der Waals surface area contributed by atoms with Gasteiger partial charge in [-0.05, 0) is 55.7 Å². The van der Waals surface area contributed by atoms with Crippen molar-refractivity contribution in [1.29, 1.82) is 0 Å². The highest BCUT2D eigenvalue weighted by molar-refractivity contribution is 5.81. The molecule has 1 saturated heterocycles. The van der Waals surface area contributed by atoms with E-state index in [2.05, 4.69) is 58.5 Å². The van der Waals surface area contributed by atoms with E-state index in [0.717, 1.165) is 36.3 Å². The topological polar surface area (TPSA) is 47.6 Å². The van der Waals surface area contributed by atoms with Crippen LogP contribution in [0, 0.1) is 0 Å². The maximum absolute atomic E-state index is 12.8. The number of likely N-dealkylation sites (N-methyl/N-ethyl adjacent to an activating group) is 1. The second kappa shape index (κ2) is 11.0. The summed E-state index contributed by atoms with van der Waals surface area (Å²) in [5, 5.41) is 6.17. The molecule has 0 spiro atoms. The Morgan fingerprint density at radius 3 is 2.18 bits per heavy atom. The molecule has 1 fully saturated rings. The van der Waals surface area contributed by atoms with E-state index < -0.39 is 11.7 Å².